The molecular formula is C21H19ClN2O2. The van der Waals surface area contributed by atoms with E-state index in [1.165, 1.54) is 6.20 Å². The van der Waals surface area contributed by atoms with Crippen molar-refractivity contribution in [3.63, 3.8) is 0 Å². The molecule has 5 heteroatoms. The van der Waals surface area contributed by atoms with Crippen LogP contribution in [0.5, 0.6) is 0 Å². The molecule has 0 saturated carbocycles. The largest absolute Gasteiger partial charge is 0.299 e. The van der Waals surface area contributed by atoms with E-state index in [9.17, 15) is 9.59 Å². The molecule has 0 aliphatic heterocycles. The van der Waals surface area contributed by atoms with E-state index in [2.05, 4.69) is 9.97 Å². The molecule has 0 N–H and O–H groups in total. The number of ketones is 2. The van der Waals surface area contributed by atoms with Gasteiger partial charge in [-0.1, -0.05) is 56.6 Å². The first-order valence-electron chi connectivity index (χ1n) is 8.33. The Hall–Kier alpha value is -2.59. The number of rotatable bonds is 4. The minimum absolute atomic E-state index is 0.109. The topological polar surface area (TPSA) is 59.9 Å². The highest BCUT2D eigenvalue weighted by molar-refractivity contribution is 6.29. The van der Waals surface area contributed by atoms with Gasteiger partial charge in [-0.15, -0.1) is 0 Å². The summed E-state index contributed by atoms with van der Waals surface area (Å²) in [5.74, 6) is 0.0592. The Bertz CT molecular complexity index is 989. The molecule has 3 aromatic rings. The molecule has 26 heavy (non-hydrogen) atoms. The summed E-state index contributed by atoms with van der Waals surface area (Å²) in [6, 6.07) is 12.3. The van der Waals surface area contributed by atoms with E-state index in [-0.39, 0.29) is 22.1 Å². The van der Waals surface area contributed by atoms with Crippen molar-refractivity contribution < 1.29 is 9.59 Å². The van der Waals surface area contributed by atoms with Crippen molar-refractivity contribution in [3.05, 3.63) is 70.5 Å². The number of carbonyl (C=O) groups excluding carboxylic acids is 2. The third kappa shape index (κ3) is 3.97. The first kappa shape index (κ1) is 18.2. The summed E-state index contributed by atoms with van der Waals surface area (Å²) < 4.78 is 0. The molecule has 0 aliphatic rings. The van der Waals surface area contributed by atoms with Crippen molar-refractivity contribution in [2.45, 2.75) is 27.2 Å². The molecular weight excluding hydrogens is 348 g/mol. The molecule has 0 bridgehead atoms. The molecule has 0 atom stereocenters. The van der Waals surface area contributed by atoms with Gasteiger partial charge in [0.2, 0.25) is 0 Å². The van der Waals surface area contributed by atoms with E-state index >= 15 is 0 Å². The molecule has 0 amide bonds. The van der Waals surface area contributed by atoms with Crippen LogP contribution in [-0.2, 0) is 11.2 Å². The third-order valence-corrected chi connectivity index (χ3v) is 4.37. The molecule has 4 nitrogen and oxygen atoms in total. The second kappa shape index (κ2) is 6.96. The van der Waals surface area contributed by atoms with E-state index in [1.807, 2.05) is 32.9 Å². The molecule has 1 heterocycles. The molecule has 1 aromatic heterocycles. The van der Waals surface area contributed by atoms with Crippen LogP contribution in [-0.4, -0.2) is 21.5 Å². The standard InChI is InChI=1S/C21H19ClN2O2/c1-21(2,3)18(25)10-13-4-6-14(7-5-13)20(26)15-8-9-16-17(11-15)24-19(22)12-23-16/h4-9,11-12H,10H2,1-3H3. The quantitative estimate of drug-likeness (QED) is 0.629. The summed E-state index contributed by atoms with van der Waals surface area (Å²) in [6.45, 7) is 5.71. The van der Waals surface area contributed by atoms with Crippen LogP contribution in [0, 0.1) is 5.41 Å². The van der Waals surface area contributed by atoms with Crippen LogP contribution in [0.4, 0.5) is 0 Å². The Morgan fingerprint density at radius 1 is 0.962 bits per heavy atom. The van der Waals surface area contributed by atoms with Gasteiger partial charge < -0.3 is 0 Å². The average Bonchev–Trinajstić information content (AvgIpc) is 2.60. The fourth-order valence-corrected chi connectivity index (χ4v) is 2.66. The fourth-order valence-electron chi connectivity index (χ4n) is 2.52. The predicted octanol–water partition coefficient (Wildman–Crippen LogP) is 4.67. The van der Waals surface area contributed by atoms with Gasteiger partial charge in [-0.2, -0.15) is 0 Å². The van der Waals surface area contributed by atoms with Crippen molar-refractivity contribution in [1.82, 2.24) is 9.97 Å². The van der Waals surface area contributed by atoms with E-state index in [4.69, 9.17) is 11.6 Å². The molecule has 0 spiro atoms. The minimum Gasteiger partial charge on any atom is -0.299 e. The van der Waals surface area contributed by atoms with Gasteiger partial charge in [0.25, 0.3) is 0 Å². The zero-order chi connectivity index (χ0) is 18.9. The lowest BCUT2D eigenvalue weighted by Crippen LogP contribution is -2.22. The van der Waals surface area contributed by atoms with E-state index in [1.54, 1.807) is 30.3 Å². The summed E-state index contributed by atoms with van der Waals surface area (Å²) in [7, 11) is 0. The maximum atomic E-state index is 12.7. The van der Waals surface area contributed by atoms with E-state index in [0.717, 1.165) is 5.56 Å². The van der Waals surface area contributed by atoms with Crippen molar-refractivity contribution in [1.29, 1.82) is 0 Å². The number of carbonyl (C=O) groups is 2. The number of hydrogen-bond donors (Lipinski definition) is 0. The van der Waals surface area contributed by atoms with Gasteiger partial charge in [-0.25, -0.2) is 4.98 Å². The predicted molar refractivity (Wildman–Crippen MR) is 103 cm³/mol. The zero-order valence-corrected chi connectivity index (χ0v) is 15.7. The maximum absolute atomic E-state index is 12.7. The number of benzene rings is 2. The van der Waals surface area contributed by atoms with E-state index < -0.39 is 0 Å². The maximum Gasteiger partial charge on any atom is 0.193 e. The van der Waals surface area contributed by atoms with Gasteiger partial charge >= 0.3 is 0 Å². The van der Waals surface area contributed by atoms with Crippen LogP contribution in [0.3, 0.4) is 0 Å². The fraction of sp³-hybridized carbons (Fsp3) is 0.238. The lowest BCUT2D eigenvalue weighted by atomic mass is 9.87. The van der Waals surface area contributed by atoms with Crippen LogP contribution < -0.4 is 0 Å². The van der Waals surface area contributed by atoms with Gasteiger partial charge in [0.15, 0.2) is 5.78 Å². The number of hydrogen-bond acceptors (Lipinski definition) is 4. The highest BCUT2D eigenvalue weighted by Gasteiger charge is 2.21. The number of halogens is 1. The lowest BCUT2D eigenvalue weighted by molar-refractivity contribution is -0.125. The molecule has 3 rings (SSSR count). The Morgan fingerprint density at radius 2 is 1.62 bits per heavy atom. The number of nitrogens with zero attached hydrogens (tertiary/aromatic N) is 2. The SMILES string of the molecule is CC(C)(C)C(=O)Cc1ccc(C(=O)c2ccc3ncc(Cl)nc3c2)cc1. The minimum atomic E-state index is -0.373. The zero-order valence-electron chi connectivity index (χ0n) is 14.9. The Labute approximate surface area is 157 Å². The highest BCUT2D eigenvalue weighted by atomic mass is 35.5. The molecule has 0 radical (unpaired) electrons. The molecule has 0 aliphatic carbocycles. The Morgan fingerprint density at radius 3 is 2.27 bits per heavy atom. The van der Waals surface area contributed by atoms with Crippen LogP contribution in [0.25, 0.3) is 11.0 Å². The smallest absolute Gasteiger partial charge is 0.193 e. The normalized spacial score (nSPS) is 11.5. The molecule has 0 saturated heterocycles. The second-order valence-corrected chi connectivity index (χ2v) is 7.66. The monoisotopic (exact) mass is 366 g/mol. The Kier molecular flexibility index (Phi) is 4.88. The molecule has 0 fully saturated rings. The van der Waals surface area contributed by atoms with E-state index in [0.29, 0.717) is 28.6 Å². The second-order valence-electron chi connectivity index (χ2n) is 7.27. The summed E-state index contributed by atoms with van der Waals surface area (Å²) in [4.78, 5) is 33.2. The molecule has 0 unspecified atom stereocenters. The van der Waals surface area contributed by atoms with Crippen molar-refractivity contribution in [2.75, 3.05) is 0 Å². The number of aromatic nitrogens is 2. The Balaban J connectivity index is 1.83. The molecule has 132 valence electrons. The van der Waals surface area contributed by atoms with Crippen LogP contribution >= 0.6 is 11.6 Å². The third-order valence-electron chi connectivity index (χ3n) is 4.19. The average molecular weight is 367 g/mol. The summed E-state index contributed by atoms with van der Waals surface area (Å²) in [5, 5.41) is 0.287. The van der Waals surface area contributed by atoms with Gasteiger partial charge in [0.05, 0.1) is 17.2 Å². The highest BCUT2D eigenvalue weighted by Crippen LogP contribution is 2.20. The van der Waals surface area contributed by atoms with Crippen molar-refractivity contribution in [3.8, 4) is 0 Å². The van der Waals surface area contributed by atoms with Gasteiger partial charge in [0, 0.05) is 23.0 Å². The number of Topliss-reactive ketones (excluding diaryl/α,β-unsaturated/α-hetero) is 1. The summed E-state index contributed by atoms with van der Waals surface area (Å²) >= 11 is 5.87. The summed E-state index contributed by atoms with van der Waals surface area (Å²) in [6.07, 6.45) is 1.84. The first-order valence-corrected chi connectivity index (χ1v) is 8.71. The summed E-state index contributed by atoms with van der Waals surface area (Å²) in [5.41, 5.74) is 2.87. The van der Waals surface area contributed by atoms with Crippen molar-refractivity contribution in [2.24, 2.45) is 5.41 Å². The van der Waals surface area contributed by atoms with Crippen LogP contribution in [0.15, 0.2) is 48.7 Å². The van der Waals surface area contributed by atoms with Gasteiger partial charge in [0.1, 0.15) is 10.9 Å². The van der Waals surface area contributed by atoms with Crippen LogP contribution in [0.2, 0.25) is 5.15 Å². The van der Waals surface area contributed by atoms with Gasteiger partial charge in [-0.05, 0) is 23.8 Å². The lowest BCUT2D eigenvalue weighted by Gasteiger charge is -2.16. The van der Waals surface area contributed by atoms with Crippen LogP contribution in [0.1, 0.15) is 42.3 Å². The first-order chi connectivity index (χ1) is 12.2. The number of fused-ring (bicyclic) bond motifs is 1. The van der Waals surface area contributed by atoms with Gasteiger partial charge in [-0.3, -0.25) is 14.6 Å². The molecule has 2 aromatic carbocycles. The van der Waals surface area contributed by atoms with Crippen molar-refractivity contribution >= 4 is 34.2 Å².